The predicted molar refractivity (Wildman–Crippen MR) is 66.5 cm³/mol. The lowest BCUT2D eigenvalue weighted by Gasteiger charge is -2.09. The van der Waals surface area contributed by atoms with Crippen molar-refractivity contribution in [2.75, 3.05) is 0 Å². The van der Waals surface area contributed by atoms with Gasteiger partial charge in [0.25, 0.3) is 5.91 Å². The molecule has 0 aliphatic carbocycles. The Hall–Kier alpha value is -1.62. The Morgan fingerprint density at radius 2 is 1.94 bits per heavy atom. The molecule has 0 aliphatic heterocycles. The van der Waals surface area contributed by atoms with E-state index in [4.69, 9.17) is 10.5 Å². The van der Waals surface area contributed by atoms with Crippen LogP contribution in [0.3, 0.4) is 0 Å². The van der Waals surface area contributed by atoms with Gasteiger partial charge in [-0.05, 0) is 50.3 Å². The Morgan fingerprint density at radius 3 is 2.38 bits per heavy atom. The summed E-state index contributed by atoms with van der Waals surface area (Å²) < 4.78 is 5.45. The molecule has 86 valence electrons. The van der Waals surface area contributed by atoms with Crippen LogP contribution in [0.2, 0.25) is 0 Å². The average Bonchev–Trinajstić information content (AvgIpc) is 2.16. The van der Waals surface area contributed by atoms with Gasteiger partial charge >= 0.3 is 0 Å². The summed E-state index contributed by atoms with van der Waals surface area (Å²) in [7, 11) is 0. The summed E-state index contributed by atoms with van der Waals surface area (Å²) in [4.78, 5) is 11.5. The number of rotatable bonds is 3. The molecule has 1 amide bonds. The minimum atomic E-state index is -0.316. The summed E-state index contributed by atoms with van der Waals surface area (Å²) in [6.45, 7) is 3.88. The maximum Gasteiger partial charge on any atom is 0.257 e. The number of benzene rings is 1. The number of amides is 1. The molecule has 0 saturated carbocycles. The van der Waals surface area contributed by atoms with Crippen molar-refractivity contribution in [3.05, 3.63) is 29.8 Å². The van der Waals surface area contributed by atoms with Crippen molar-refractivity contribution in [3.63, 3.8) is 0 Å². The quantitative estimate of drug-likeness (QED) is 0.782. The summed E-state index contributed by atoms with van der Waals surface area (Å²) in [5, 5.41) is 2.31. The van der Waals surface area contributed by atoms with Crippen molar-refractivity contribution in [2.45, 2.75) is 20.0 Å². The van der Waals surface area contributed by atoms with Crippen molar-refractivity contribution < 1.29 is 9.53 Å². The molecule has 0 radical (unpaired) electrons. The minimum absolute atomic E-state index is 0.0347. The van der Waals surface area contributed by atoms with Gasteiger partial charge in [-0.3, -0.25) is 10.1 Å². The normalized spacial score (nSPS) is 9.94. The van der Waals surface area contributed by atoms with Crippen LogP contribution in [0.15, 0.2) is 24.3 Å². The highest BCUT2D eigenvalue weighted by Gasteiger charge is 2.06. The molecule has 0 aromatic heterocycles. The molecule has 0 atom stereocenters. The average molecular weight is 238 g/mol. The largest absolute Gasteiger partial charge is 0.491 e. The van der Waals surface area contributed by atoms with E-state index in [0.29, 0.717) is 5.56 Å². The van der Waals surface area contributed by atoms with E-state index in [2.05, 4.69) is 17.5 Å². The first-order valence-electron chi connectivity index (χ1n) is 4.86. The molecule has 1 aromatic carbocycles. The van der Waals surface area contributed by atoms with Gasteiger partial charge in [-0.25, -0.2) is 0 Å². The first-order chi connectivity index (χ1) is 7.49. The summed E-state index contributed by atoms with van der Waals surface area (Å²) >= 11 is 4.58. The number of carbonyl (C=O) groups excluding carboxylic acids is 1. The zero-order valence-electron chi connectivity index (χ0n) is 9.19. The van der Waals surface area contributed by atoms with E-state index < -0.39 is 0 Å². The molecule has 0 fully saturated rings. The number of nitrogens with one attached hydrogen (secondary N) is 1. The Kier molecular flexibility index (Phi) is 4.25. The maximum atomic E-state index is 11.5. The highest BCUT2D eigenvalue weighted by Crippen LogP contribution is 2.13. The smallest absolute Gasteiger partial charge is 0.257 e. The van der Waals surface area contributed by atoms with Crippen molar-refractivity contribution in [1.29, 1.82) is 0 Å². The van der Waals surface area contributed by atoms with Crippen LogP contribution in [-0.2, 0) is 0 Å². The topological polar surface area (TPSA) is 64.3 Å². The predicted octanol–water partition coefficient (Wildman–Crippen LogP) is 1.45. The van der Waals surface area contributed by atoms with E-state index in [-0.39, 0.29) is 17.1 Å². The molecule has 1 aromatic rings. The molecule has 3 N–H and O–H groups in total. The van der Waals surface area contributed by atoms with Gasteiger partial charge in [0.2, 0.25) is 0 Å². The summed E-state index contributed by atoms with van der Waals surface area (Å²) in [6.07, 6.45) is 0.108. The van der Waals surface area contributed by atoms with E-state index in [0.717, 1.165) is 5.75 Å². The van der Waals surface area contributed by atoms with Gasteiger partial charge in [0.15, 0.2) is 5.11 Å². The SMILES string of the molecule is CC(C)Oc1ccc(C(=O)NC(N)=S)cc1. The van der Waals surface area contributed by atoms with Gasteiger partial charge in [-0.2, -0.15) is 0 Å². The molecular formula is C11H14N2O2S. The fourth-order valence-corrected chi connectivity index (χ4v) is 1.23. The monoisotopic (exact) mass is 238 g/mol. The molecule has 0 heterocycles. The molecular weight excluding hydrogens is 224 g/mol. The minimum Gasteiger partial charge on any atom is -0.491 e. The van der Waals surface area contributed by atoms with Gasteiger partial charge in [-0.15, -0.1) is 0 Å². The second-order valence-electron chi connectivity index (χ2n) is 3.51. The summed E-state index contributed by atoms with van der Waals surface area (Å²) in [5.41, 5.74) is 5.69. The fourth-order valence-electron chi connectivity index (χ4n) is 1.14. The number of ether oxygens (including phenoxy) is 1. The fraction of sp³-hybridized carbons (Fsp3) is 0.273. The number of hydrogen-bond donors (Lipinski definition) is 2. The van der Waals surface area contributed by atoms with Crippen LogP contribution in [0.1, 0.15) is 24.2 Å². The first kappa shape index (κ1) is 12.4. The third-order valence-corrected chi connectivity index (χ3v) is 1.83. The second-order valence-corrected chi connectivity index (χ2v) is 3.95. The van der Waals surface area contributed by atoms with Gasteiger partial charge < -0.3 is 10.5 Å². The number of thiocarbonyl (C=S) groups is 1. The van der Waals surface area contributed by atoms with Crippen molar-refractivity contribution in [1.82, 2.24) is 5.32 Å². The van der Waals surface area contributed by atoms with Crippen molar-refractivity contribution >= 4 is 23.2 Å². The van der Waals surface area contributed by atoms with E-state index in [9.17, 15) is 4.79 Å². The number of carbonyl (C=O) groups is 1. The van der Waals surface area contributed by atoms with E-state index in [1.165, 1.54) is 0 Å². The van der Waals surface area contributed by atoms with Crippen molar-refractivity contribution in [2.24, 2.45) is 5.73 Å². The van der Waals surface area contributed by atoms with E-state index in [1.807, 2.05) is 13.8 Å². The van der Waals surface area contributed by atoms with Crippen LogP contribution in [-0.4, -0.2) is 17.1 Å². The lowest BCUT2D eigenvalue weighted by Crippen LogP contribution is -2.34. The number of nitrogens with two attached hydrogens (primary N) is 1. The second kappa shape index (κ2) is 5.46. The molecule has 0 saturated heterocycles. The van der Waals surface area contributed by atoms with Crippen LogP contribution in [0.25, 0.3) is 0 Å². The third kappa shape index (κ3) is 3.86. The lowest BCUT2D eigenvalue weighted by molar-refractivity contribution is 0.0977. The Balaban J connectivity index is 2.71. The van der Waals surface area contributed by atoms with Gasteiger partial charge in [0.1, 0.15) is 5.75 Å². The van der Waals surface area contributed by atoms with Crippen LogP contribution in [0.5, 0.6) is 5.75 Å². The summed E-state index contributed by atoms with van der Waals surface area (Å²) in [5.74, 6) is 0.408. The molecule has 4 nitrogen and oxygen atoms in total. The number of hydrogen-bond acceptors (Lipinski definition) is 3. The molecule has 16 heavy (non-hydrogen) atoms. The highest BCUT2D eigenvalue weighted by molar-refractivity contribution is 7.80. The van der Waals surface area contributed by atoms with Crippen LogP contribution < -0.4 is 15.8 Å². The summed E-state index contributed by atoms with van der Waals surface area (Å²) in [6, 6.07) is 6.78. The Labute approximate surface area is 99.8 Å². The molecule has 5 heteroatoms. The standard InChI is InChI=1S/C11H14N2O2S/c1-7(2)15-9-5-3-8(4-6-9)10(14)13-11(12)16/h3-7H,1-2H3,(H3,12,13,14,16). The zero-order chi connectivity index (χ0) is 12.1. The van der Waals surface area contributed by atoms with Crippen LogP contribution in [0.4, 0.5) is 0 Å². The van der Waals surface area contributed by atoms with Gasteiger partial charge in [-0.1, -0.05) is 0 Å². The van der Waals surface area contributed by atoms with Crippen LogP contribution in [0, 0.1) is 0 Å². The lowest BCUT2D eigenvalue weighted by atomic mass is 10.2. The zero-order valence-corrected chi connectivity index (χ0v) is 10.0. The maximum absolute atomic E-state index is 11.5. The first-order valence-corrected chi connectivity index (χ1v) is 5.27. The third-order valence-electron chi connectivity index (χ3n) is 1.73. The molecule has 1 rings (SSSR count). The van der Waals surface area contributed by atoms with E-state index >= 15 is 0 Å². The van der Waals surface area contributed by atoms with Gasteiger partial charge in [0, 0.05) is 5.56 Å². The molecule has 0 bridgehead atoms. The molecule has 0 aliphatic rings. The Bertz CT molecular complexity index is 387. The van der Waals surface area contributed by atoms with Crippen LogP contribution >= 0.6 is 12.2 Å². The molecule has 0 unspecified atom stereocenters. The molecule has 0 spiro atoms. The highest BCUT2D eigenvalue weighted by atomic mass is 32.1. The van der Waals surface area contributed by atoms with Crippen molar-refractivity contribution in [3.8, 4) is 5.75 Å². The van der Waals surface area contributed by atoms with Gasteiger partial charge in [0.05, 0.1) is 6.10 Å². The Morgan fingerprint density at radius 1 is 1.38 bits per heavy atom. The van der Waals surface area contributed by atoms with E-state index in [1.54, 1.807) is 24.3 Å².